The van der Waals surface area contributed by atoms with Gasteiger partial charge in [-0.2, -0.15) is 0 Å². The van der Waals surface area contributed by atoms with E-state index in [0.29, 0.717) is 22.1 Å². The van der Waals surface area contributed by atoms with E-state index < -0.39 is 11.0 Å². The topological polar surface area (TPSA) is 60.5 Å². The summed E-state index contributed by atoms with van der Waals surface area (Å²) in [6, 6.07) is 13.2. The van der Waals surface area contributed by atoms with Gasteiger partial charge in [0.1, 0.15) is 16.4 Å². The molecule has 0 fully saturated rings. The fourth-order valence-corrected chi connectivity index (χ4v) is 3.66. The Morgan fingerprint density at radius 2 is 1.96 bits per heavy atom. The first kappa shape index (κ1) is 17.2. The summed E-state index contributed by atoms with van der Waals surface area (Å²) in [6.07, 6.45) is 2.57. The van der Waals surface area contributed by atoms with Crippen molar-refractivity contribution in [1.82, 2.24) is 4.98 Å². The Morgan fingerprint density at radius 1 is 1.12 bits per heavy atom. The highest BCUT2D eigenvalue weighted by molar-refractivity contribution is 7.86. The van der Waals surface area contributed by atoms with Crippen LogP contribution < -0.4 is 14.2 Å². The molecule has 5 nitrogen and oxygen atoms in total. The quantitative estimate of drug-likeness (QED) is 0.726. The molecule has 0 saturated heterocycles. The van der Waals surface area contributed by atoms with Crippen molar-refractivity contribution in [1.29, 1.82) is 0 Å². The molecule has 1 atom stereocenters. The standard InChI is InChI=1S/C19H20N2O3S/c1-4-13-7-8-17(24-3)18(10-13)25(22)21-16-12-15(23-2)11-14-6-5-9-20-19(14)16/h5-12,21H,4H2,1-3H3. The number of nitrogens with one attached hydrogen (secondary N) is 1. The van der Waals surface area contributed by atoms with Crippen LogP contribution in [0.25, 0.3) is 10.9 Å². The highest BCUT2D eigenvalue weighted by atomic mass is 32.2. The number of ether oxygens (including phenoxy) is 2. The normalized spacial score (nSPS) is 12.0. The minimum atomic E-state index is -1.49. The minimum absolute atomic E-state index is 0.586. The van der Waals surface area contributed by atoms with E-state index in [9.17, 15) is 4.21 Å². The number of aryl methyl sites for hydroxylation is 1. The van der Waals surface area contributed by atoms with Crippen molar-refractivity contribution < 1.29 is 13.7 Å². The van der Waals surface area contributed by atoms with Crippen LogP contribution in [-0.2, 0) is 17.4 Å². The number of methoxy groups -OCH3 is 2. The zero-order chi connectivity index (χ0) is 17.8. The second kappa shape index (κ2) is 7.53. The first-order valence-electron chi connectivity index (χ1n) is 7.94. The highest BCUT2D eigenvalue weighted by Gasteiger charge is 2.14. The molecular formula is C19H20N2O3S. The van der Waals surface area contributed by atoms with Gasteiger partial charge in [-0.25, -0.2) is 4.21 Å². The van der Waals surface area contributed by atoms with Crippen LogP contribution >= 0.6 is 0 Å². The van der Waals surface area contributed by atoms with Crippen LogP contribution in [0.1, 0.15) is 12.5 Å². The van der Waals surface area contributed by atoms with Crippen molar-refractivity contribution in [3.63, 3.8) is 0 Å². The summed E-state index contributed by atoms with van der Waals surface area (Å²) in [5.41, 5.74) is 2.49. The molecule has 0 bridgehead atoms. The van der Waals surface area contributed by atoms with Gasteiger partial charge < -0.3 is 9.47 Å². The van der Waals surface area contributed by atoms with Crippen LogP contribution in [0.3, 0.4) is 0 Å². The van der Waals surface area contributed by atoms with Gasteiger partial charge in [-0.1, -0.05) is 19.1 Å². The van der Waals surface area contributed by atoms with E-state index in [2.05, 4.69) is 16.6 Å². The van der Waals surface area contributed by atoms with Gasteiger partial charge in [0, 0.05) is 17.6 Å². The van der Waals surface area contributed by atoms with Crippen LogP contribution in [0.15, 0.2) is 53.6 Å². The summed E-state index contributed by atoms with van der Waals surface area (Å²) < 4.78 is 26.7. The minimum Gasteiger partial charge on any atom is -0.497 e. The third-order valence-electron chi connectivity index (χ3n) is 3.95. The third-order valence-corrected chi connectivity index (χ3v) is 5.08. The van der Waals surface area contributed by atoms with E-state index in [0.717, 1.165) is 22.9 Å². The van der Waals surface area contributed by atoms with Gasteiger partial charge in [0.05, 0.1) is 25.4 Å². The molecule has 0 radical (unpaired) electrons. The van der Waals surface area contributed by atoms with E-state index in [4.69, 9.17) is 9.47 Å². The molecule has 0 saturated carbocycles. The van der Waals surface area contributed by atoms with E-state index in [1.807, 2.05) is 36.4 Å². The lowest BCUT2D eigenvalue weighted by atomic mass is 10.2. The van der Waals surface area contributed by atoms with Crippen LogP contribution in [0, 0.1) is 0 Å². The van der Waals surface area contributed by atoms with Gasteiger partial charge in [-0.05, 0) is 36.2 Å². The van der Waals surface area contributed by atoms with Crippen molar-refractivity contribution in [3.8, 4) is 11.5 Å². The van der Waals surface area contributed by atoms with Gasteiger partial charge in [-0.15, -0.1) is 0 Å². The zero-order valence-electron chi connectivity index (χ0n) is 14.4. The molecule has 130 valence electrons. The molecule has 0 aliphatic carbocycles. The van der Waals surface area contributed by atoms with Crippen LogP contribution in [0.4, 0.5) is 5.69 Å². The van der Waals surface area contributed by atoms with Crippen molar-refractivity contribution in [2.45, 2.75) is 18.2 Å². The Kier molecular flexibility index (Phi) is 5.19. The first-order chi connectivity index (χ1) is 12.2. The van der Waals surface area contributed by atoms with E-state index in [-0.39, 0.29) is 0 Å². The lowest BCUT2D eigenvalue weighted by molar-refractivity contribution is 0.404. The molecule has 0 spiro atoms. The average Bonchev–Trinajstić information content (AvgIpc) is 2.67. The monoisotopic (exact) mass is 356 g/mol. The van der Waals surface area contributed by atoms with Crippen LogP contribution in [0.5, 0.6) is 11.5 Å². The molecule has 0 amide bonds. The van der Waals surface area contributed by atoms with Crippen molar-refractivity contribution in [2.75, 3.05) is 18.9 Å². The molecule has 6 heteroatoms. The SMILES string of the molecule is CCc1ccc(OC)c(S(=O)Nc2cc(OC)cc3cccnc23)c1. The van der Waals surface area contributed by atoms with E-state index >= 15 is 0 Å². The number of pyridine rings is 1. The second-order valence-electron chi connectivity index (χ2n) is 5.46. The first-order valence-corrected chi connectivity index (χ1v) is 9.09. The molecule has 3 aromatic rings. The smallest absolute Gasteiger partial charge is 0.154 e. The number of benzene rings is 2. The van der Waals surface area contributed by atoms with Crippen molar-refractivity contribution in [2.24, 2.45) is 0 Å². The lowest BCUT2D eigenvalue weighted by Crippen LogP contribution is -2.08. The van der Waals surface area contributed by atoms with Gasteiger partial charge in [0.25, 0.3) is 0 Å². The predicted molar refractivity (Wildman–Crippen MR) is 101 cm³/mol. The molecule has 1 unspecified atom stereocenters. The Morgan fingerprint density at radius 3 is 2.68 bits per heavy atom. The summed E-state index contributed by atoms with van der Waals surface area (Å²) in [5.74, 6) is 1.26. The molecule has 0 aliphatic rings. The number of hydrogen-bond donors (Lipinski definition) is 1. The summed E-state index contributed by atoms with van der Waals surface area (Å²) in [6.45, 7) is 2.06. The summed E-state index contributed by atoms with van der Waals surface area (Å²) in [7, 11) is 1.68. The van der Waals surface area contributed by atoms with Gasteiger partial charge in [0.2, 0.25) is 0 Å². The maximum atomic E-state index is 13.0. The van der Waals surface area contributed by atoms with Crippen LogP contribution in [0.2, 0.25) is 0 Å². The molecule has 0 aliphatic heterocycles. The number of fused-ring (bicyclic) bond motifs is 1. The van der Waals surface area contributed by atoms with Crippen LogP contribution in [-0.4, -0.2) is 23.4 Å². The maximum Gasteiger partial charge on any atom is 0.154 e. The largest absolute Gasteiger partial charge is 0.497 e. The van der Waals surface area contributed by atoms with Gasteiger partial charge in [-0.3, -0.25) is 9.71 Å². The number of rotatable bonds is 6. The number of aromatic nitrogens is 1. The Bertz CT molecular complexity index is 928. The summed E-state index contributed by atoms with van der Waals surface area (Å²) in [4.78, 5) is 5.00. The molecule has 1 heterocycles. The summed E-state index contributed by atoms with van der Waals surface area (Å²) in [5, 5.41) is 0.913. The summed E-state index contributed by atoms with van der Waals surface area (Å²) >= 11 is 0. The molecular weight excluding hydrogens is 336 g/mol. The maximum absolute atomic E-state index is 13.0. The van der Waals surface area contributed by atoms with E-state index in [1.165, 1.54) is 0 Å². The zero-order valence-corrected chi connectivity index (χ0v) is 15.2. The van der Waals surface area contributed by atoms with Crippen molar-refractivity contribution in [3.05, 3.63) is 54.2 Å². The van der Waals surface area contributed by atoms with Gasteiger partial charge in [0.15, 0.2) is 11.0 Å². The average molecular weight is 356 g/mol. The van der Waals surface area contributed by atoms with Crippen molar-refractivity contribution >= 4 is 27.6 Å². The molecule has 1 N–H and O–H groups in total. The number of nitrogens with zero attached hydrogens (tertiary/aromatic N) is 1. The highest BCUT2D eigenvalue weighted by Crippen LogP contribution is 2.30. The number of anilines is 1. The van der Waals surface area contributed by atoms with Gasteiger partial charge >= 0.3 is 0 Å². The fraction of sp³-hybridized carbons (Fsp3) is 0.211. The predicted octanol–water partition coefficient (Wildman–Crippen LogP) is 3.95. The molecule has 3 rings (SSSR count). The Balaban J connectivity index is 2.03. The Hall–Kier alpha value is -2.60. The molecule has 25 heavy (non-hydrogen) atoms. The fourth-order valence-electron chi connectivity index (χ4n) is 2.60. The molecule has 1 aromatic heterocycles. The number of hydrogen-bond acceptors (Lipinski definition) is 4. The third kappa shape index (κ3) is 3.58. The Labute approximate surface area is 149 Å². The lowest BCUT2D eigenvalue weighted by Gasteiger charge is -2.13. The molecule has 2 aromatic carbocycles. The van der Waals surface area contributed by atoms with E-state index in [1.54, 1.807) is 26.5 Å². The second-order valence-corrected chi connectivity index (χ2v) is 6.64.